The number of benzene rings is 1. The van der Waals surface area contributed by atoms with Crippen LogP contribution in [-0.4, -0.2) is 62.7 Å². The maximum atomic E-state index is 12.5. The second kappa shape index (κ2) is 10.9. The molecule has 12 heteroatoms. The highest BCUT2D eigenvalue weighted by molar-refractivity contribution is 5.78. The topological polar surface area (TPSA) is 142 Å². The summed E-state index contributed by atoms with van der Waals surface area (Å²) in [5.74, 6) is 1.39. The fourth-order valence-corrected chi connectivity index (χ4v) is 5.01. The molecule has 1 aromatic carbocycles. The van der Waals surface area contributed by atoms with E-state index in [0.29, 0.717) is 29.4 Å². The van der Waals surface area contributed by atoms with E-state index in [4.69, 9.17) is 9.15 Å². The molecular formula is C28H34N8O4. The third-order valence-electron chi connectivity index (χ3n) is 6.84. The predicted molar refractivity (Wildman–Crippen MR) is 154 cm³/mol. The van der Waals surface area contributed by atoms with Crippen molar-refractivity contribution < 1.29 is 13.9 Å². The molecule has 0 saturated carbocycles. The molecule has 4 heterocycles. The van der Waals surface area contributed by atoms with E-state index in [1.165, 1.54) is 7.11 Å². The maximum Gasteiger partial charge on any atom is 0.417 e. The molecule has 0 bridgehead atoms. The number of hydrogen-bond acceptors (Lipinski definition) is 10. The van der Waals surface area contributed by atoms with Crippen molar-refractivity contribution in [1.82, 2.24) is 24.8 Å². The summed E-state index contributed by atoms with van der Waals surface area (Å²) in [4.78, 5) is 44.4. The van der Waals surface area contributed by atoms with Gasteiger partial charge >= 0.3 is 11.8 Å². The lowest BCUT2D eigenvalue weighted by atomic mass is 9.97. The van der Waals surface area contributed by atoms with Gasteiger partial charge in [-0.25, -0.2) is 19.6 Å². The number of fused-ring (bicyclic) bond motifs is 1. The van der Waals surface area contributed by atoms with Gasteiger partial charge in [-0.3, -0.25) is 9.88 Å². The average molecular weight is 547 g/mol. The summed E-state index contributed by atoms with van der Waals surface area (Å²) < 4.78 is 10.2. The second-order valence-corrected chi connectivity index (χ2v) is 10.9. The van der Waals surface area contributed by atoms with E-state index < -0.39 is 5.76 Å². The molecule has 5 rings (SSSR count). The van der Waals surface area contributed by atoms with E-state index in [2.05, 4.69) is 35.5 Å². The van der Waals surface area contributed by atoms with E-state index in [0.717, 1.165) is 42.1 Å². The number of amides is 1. The van der Waals surface area contributed by atoms with Crippen LogP contribution in [0.3, 0.4) is 0 Å². The molecule has 3 N–H and O–H groups in total. The van der Waals surface area contributed by atoms with Gasteiger partial charge in [0.05, 0.1) is 30.6 Å². The number of aromatic nitrogens is 4. The minimum absolute atomic E-state index is 0.0298. The molecule has 1 aliphatic heterocycles. The van der Waals surface area contributed by atoms with Crippen LogP contribution >= 0.6 is 0 Å². The predicted octanol–water partition coefficient (Wildman–Crippen LogP) is 4.94. The third kappa shape index (κ3) is 5.85. The Morgan fingerprint density at radius 3 is 2.67 bits per heavy atom. The molecule has 12 nitrogen and oxygen atoms in total. The molecule has 40 heavy (non-hydrogen) atoms. The molecule has 1 amide bonds. The molecule has 210 valence electrons. The van der Waals surface area contributed by atoms with Crippen molar-refractivity contribution in [1.29, 1.82) is 0 Å². The Morgan fingerprint density at radius 1 is 1.15 bits per heavy atom. The minimum Gasteiger partial charge on any atom is -0.453 e. The first-order valence-electron chi connectivity index (χ1n) is 13.2. The van der Waals surface area contributed by atoms with Gasteiger partial charge in [-0.1, -0.05) is 0 Å². The Bertz CT molecular complexity index is 1560. The lowest BCUT2D eigenvalue weighted by Crippen LogP contribution is -2.57. The maximum absolute atomic E-state index is 12.5. The molecule has 1 aliphatic rings. The van der Waals surface area contributed by atoms with Crippen LogP contribution in [0.5, 0.6) is 0 Å². The number of ether oxygens (including phenoxy) is 1. The van der Waals surface area contributed by atoms with E-state index in [9.17, 15) is 9.59 Å². The molecule has 1 fully saturated rings. The van der Waals surface area contributed by atoms with Gasteiger partial charge in [-0.05, 0) is 70.9 Å². The number of carbonyl (C=O) groups excluding carboxylic acids is 1. The van der Waals surface area contributed by atoms with Crippen LogP contribution < -0.4 is 21.3 Å². The Balaban J connectivity index is 1.27. The Morgan fingerprint density at radius 2 is 1.95 bits per heavy atom. The Hall–Kier alpha value is -4.61. The summed E-state index contributed by atoms with van der Waals surface area (Å²) in [5.41, 5.74) is 3.09. The monoisotopic (exact) mass is 546 g/mol. The van der Waals surface area contributed by atoms with Gasteiger partial charge < -0.3 is 24.7 Å². The average Bonchev–Trinajstić information content (AvgIpc) is 3.29. The zero-order valence-corrected chi connectivity index (χ0v) is 23.3. The second-order valence-electron chi connectivity index (χ2n) is 10.9. The van der Waals surface area contributed by atoms with Gasteiger partial charge in [0.2, 0.25) is 5.95 Å². The van der Waals surface area contributed by atoms with Crippen LogP contribution in [0.25, 0.3) is 11.1 Å². The van der Waals surface area contributed by atoms with Crippen LogP contribution in [0, 0.1) is 6.92 Å². The molecule has 0 unspecified atom stereocenters. The summed E-state index contributed by atoms with van der Waals surface area (Å²) in [5, 5.41) is 6.49. The van der Waals surface area contributed by atoms with Crippen LogP contribution in [-0.2, 0) is 4.74 Å². The van der Waals surface area contributed by atoms with Crippen LogP contribution in [0.15, 0.2) is 51.9 Å². The SMILES string of the molecule is COC(=O)N([C@@H]1CCCN(c2ccc(Nc3ncc(C)c(Nc4ccc5oc(=O)[nH]c5c4)n3)cn2)C1)C(C)(C)C. The quantitative estimate of drug-likeness (QED) is 0.304. The standard InChI is InChI=1S/C28H34N8O4/c1-17-14-30-25(34-24(17)31-18-8-10-22-21(13-18)33-26(37)40-22)32-19-9-11-23(29-15-19)35-12-6-7-20(16-35)36(27(38)39-5)28(2,3)4/h8-11,13-15,20H,6-7,12,16H2,1-5H3,(H,33,37)(H2,30,31,32,34)/t20-/m1/s1. The number of nitrogens with one attached hydrogen (secondary N) is 3. The number of hydrogen-bond donors (Lipinski definition) is 3. The van der Waals surface area contributed by atoms with Crippen molar-refractivity contribution in [2.75, 3.05) is 35.7 Å². The number of nitrogens with zero attached hydrogens (tertiary/aromatic N) is 5. The summed E-state index contributed by atoms with van der Waals surface area (Å²) in [6.45, 7) is 9.53. The molecule has 3 aromatic heterocycles. The van der Waals surface area contributed by atoms with Crippen molar-refractivity contribution in [3.63, 3.8) is 0 Å². The number of anilines is 5. The summed E-state index contributed by atoms with van der Waals surface area (Å²) >= 11 is 0. The zero-order chi connectivity index (χ0) is 28.4. The lowest BCUT2D eigenvalue weighted by Gasteiger charge is -2.45. The number of aryl methyl sites for hydroxylation is 1. The van der Waals surface area contributed by atoms with Crippen molar-refractivity contribution in [3.05, 3.63) is 58.8 Å². The van der Waals surface area contributed by atoms with Crippen molar-refractivity contribution in [2.45, 2.75) is 52.1 Å². The van der Waals surface area contributed by atoms with Crippen molar-refractivity contribution >= 4 is 46.2 Å². The van der Waals surface area contributed by atoms with E-state index in [-0.39, 0.29) is 17.7 Å². The molecule has 0 radical (unpaired) electrons. The normalized spacial score (nSPS) is 15.6. The van der Waals surface area contributed by atoms with Gasteiger partial charge in [0.1, 0.15) is 11.6 Å². The molecular weight excluding hydrogens is 512 g/mol. The molecule has 1 saturated heterocycles. The Labute approximate surface area is 231 Å². The van der Waals surface area contributed by atoms with Crippen LogP contribution in [0.2, 0.25) is 0 Å². The van der Waals surface area contributed by atoms with Gasteiger partial charge in [-0.2, -0.15) is 4.98 Å². The van der Waals surface area contributed by atoms with E-state index >= 15 is 0 Å². The van der Waals surface area contributed by atoms with Gasteiger partial charge in [-0.15, -0.1) is 0 Å². The summed E-state index contributed by atoms with van der Waals surface area (Å²) in [6, 6.07) is 9.25. The fraction of sp³-hybridized carbons (Fsp3) is 0.393. The number of H-pyrrole nitrogens is 1. The van der Waals surface area contributed by atoms with Crippen LogP contribution in [0.1, 0.15) is 39.2 Å². The highest BCUT2D eigenvalue weighted by atomic mass is 16.5. The number of methoxy groups -OCH3 is 1. The van der Waals surface area contributed by atoms with Crippen molar-refractivity contribution in [3.8, 4) is 0 Å². The highest BCUT2D eigenvalue weighted by Crippen LogP contribution is 2.28. The van der Waals surface area contributed by atoms with Crippen molar-refractivity contribution in [2.24, 2.45) is 0 Å². The van der Waals surface area contributed by atoms with E-state index in [1.807, 2.05) is 50.8 Å². The highest BCUT2D eigenvalue weighted by Gasteiger charge is 2.36. The molecule has 4 aromatic rings. The zero-order valence-electron chi connectivity index (χ0n) is 23.3. The minimum atomic E-state index is -0.496. The number of carbonyl (C=O) groups is 1. The van der Waals surface area contributed by atoms with Gasteiger partial charge in [0.15, 0.2) is 5.58 Å². The first-order chi connectivity index (χ1) is 19.1. The first-order valence-corrected chi connectivity index (χ1v) is 13.2. The fourth-order valence-electron chi connectivity index (χ4n) is 5.01. The largest absolute Gasteiger partial charge is 0.453 e. The molecule has 1 atom stereocenters. The molecule has 0 spiro atoms. The number of pyridine rings is 1. The van der Waals surface area contributed by atoms with Gasteiger partial charge in [0, 0.05) is 36.1 Å². The van der Waals surface area contributed by atoms with E-state index in [1.54, 1.807) is 24.5 Å². The van der Waals surface area contributed by atoms with Crippen LogP contribution in [0.4, 0.5) is 33.8 Å². The molecule has 0 aliphatic carbocycles. The third-order valence-corrected chi connectivity index (χ3v) is 6.84. The number of oxazole rings is 1. The summed E-state index contributed by atoms with van der Waals surface area (Å²) in [7, 11) is 1.43. The lowest BCUT2D eigenvalue weighted by molar-refractivity contribution is 0.0520. The van der Waals surface area contributed by atoms with Gasteiger partial charge in [0.25, 0.3) is 0 Å². The first kappa shape index (κ1) is 27.0. The number of rotatable bonds is 6. The summed E-state index contributed by atoms with van der Waals surface area (Å²) in [6.07, 6.45) is 5.04. The Kier molecular flexibility index (Phi) is 7.33. The number of aromatic amines is 1. The number of piperidine rings is 1. The smallest absolute Gasteiger partial charge is 0.417 e.